The maximum atomic E-state index is 6.06. The number of hydrogen-bond acceptors (Lipinski definition) is 3. The van der Waals surface area contributed by atoms with Crippen LogP contribution in [0.15, 0.2) is 42.5 Å². The number of nitrogens with one attached hydrogen (secondary N) is 1. The van der Waals surface area contributed by atoms with Gasteiger partial charge < -0.3 is 14.8 Å². The van der Waals surface area contributed by atoms with Gasteiger partial charge in [-0.3, -0.25) is 0 Å². The fourth-order valence-corrected chi connectivity index (χ4v) is 6.53. The lowest BCUT2D eigenvalue weighted by atomic mass is 9.53. The van der Waals surface area contributed by atoms with Crippen molar-refractivity contribution in [1.82, 2.24) is 5.32 Å². The first-order valence-electron chi connectivity index (χ1n) is 11.5. The van der Waals surface area contributed by atoms with Crippen LogP contribution in [0.4, 0.5) is 0 Å². The molecule has 0 saturated heterocycles. The van der Waals surface area contributed by atoms with Crippen molar-refractivity contribution in [1.29, 1.82) is 0 Å². The van der Waals surface area contributed by atoms with E-state index in [0.29, 0.717) is 18.8 Å². The van der Waals surface area contributed by atoms with Crippen LogP contribution in [-0.2, 0) is 13.2 Å². The van der Waals surface area contributed by atoms with E-state index in [2.05, 4.69) is 23.5 Å². The summed E-state index contributed by atoms with van der Waals surface area (Å²) >= 11 is 5.97. The van der Waals surface area contributed by atoms with Gasteiger partial charge in [-0.1, -0.05) is 29.8 Å². The first-order chi connectivity index (χ1) is 14.6. The van der Waals surface area contributed by atoms with Crippen molar-refractivity contribution in [3.05, 3.63) is 58.6 Å². The molecule has 160 valence electrons. The normalized spacial score (nSPS) is 29.2. The van der Waals surface area contributed by atoms with E-state index < -0.39 is 0 Å². The Morgan fingerprint density at radius 1 is 0.867 bits per heavy atom. The lowest BCUT2D eigenvalue weighted by Crippen LogP contribution is -2.58. The number of rotatable bonds is 8. The number of benzene rings is 2. The summed E-state index contributed by atoms with van der Waals surface area (Å²) in [4.78, 5) is 0. The molecule has 4 aliphatic carbocycles. The lowest BCUT2D eigenvalue weighted by molar-refractivity contribution is -0.0206. The predicted molar refractivity (Wildman–Crippen MR) is 121 cm³/mol. The zero-order chi connectivity index (χ0) is 20.6. The molecule has 3 nitrogen and oxygen atoms in total. The molecular formula is C26H32ClNO2. The van der Waals surface area contributed by atoms with Gasteiger partial charge in [0, 0.05) is 17.1 Å². The van der Waals surface area contributed by atoms with Crippen LogP contribution in [-0.4, -0.2) is 12.1 Å². The Balaban J connectivity index is 1.24. The van der Waals surface area contributed by atoms with E-state index in [1.165, 1.54) is 44.1 Å². The fourth-order valence-electron chi connectivity index (χ4n) is 6.41. The average molecular weight is 426 g/mol. The number of hydrogen-bond donors (Lipinski definition) is 1. The van der Waals surface area contributed by atoms with E-state index in [9.17, 15) is 0 Å². The highest BCUT2D eigenvalue weighted by Crippen LogP contribution is 2.55. The summed E-state index contributed by atoms with van der Waals surface area (Å²) in [5.41, 5.74) is 2.74. The van der Waals surface area contributed by atoms with Gasteiger partial charge in [-0.25, -0.2) is 0 Å². The Morgan fingerprint density at radius 2 is 1.50 bits per heavy atom. The molecule has 0 aliphatic heterocycles. The Bertz CT molecular complexity index is 844. The molecule has 0 spiro atoms. The molecule has 1 N–H and O–H groups in total. The van der Waals surface area contributed by atoms with Crippen LogP contribution in [0.25, 0.3) is 0 Å². The predicted octanol–water partition coefficient (Wildman–Crippen LogP) is 6.38. The van der Waals surface area contributed by atoms with E-state index in [4.69, 9.17) is 21.1 Å². The second kappa shape index (κ2) is 8.43. The van der Waals surface area contributed by atoms with Crippen molar-refractivity contribution in [2.75, 3.05) is 6.61 Å². The Morgan fingerprint density at radius 3 is 2.13 bits per heavy atom. The molecule has 4 bridgehead atoms. The first-order valence-corrected chi connectivity index (χ1v) is 11.9. The third-order valence-corrected chi connectivity index (χ3v) is 7.57. The lowest BCUT2D eigenvalue weighted by Gasteiger charge is -2.57. The van der Waals surface area contributed by atoms with Gasteiger partial charge >= 0.3 is 0 Å². The Hall–Kier alpha value is -1.71. The Kier molecular flexibility index (Phi) is 5.68. The second-order valence-electron chi connectivity index (χ2n) is 9.68. The van der Waals surface area contributed by atoms with E-state index in [-0.39, 0.29) is 0 Å². The second-order valence-corrected chi connectivity index (χ2v) is 10.1. The zero-order valence-electron chi connectivity index (χ0n) is 17.8. The van der Waals surface area contributed by atoms with Crippen molar-refractivity contribution in [3.63, 3.8) is 0 Å². The molecule has 0 unspecified atom stereocenters. The highest BCUT2D eigenvalue weighted by Gasteiger charge is 2.50. The first kappa shape index (κ1) is 20.2. The highest BCUT2D eigenvalue weighted by molar-refractivity contribution is 6.30. The van der Waals surface area contributed by atoms with Crippen LogP contribution in [0, 0.1) is 17.8 Å². The molecule has 6 rings (SSSR count). The molecule has 0 atom stereocenters. The van der Waals surface area contributed by atoms with Gasteiger partial charge in [0.1, 0.15) is 6.61 Å². The van der Waals surface area contributed by atoms with Crippen molar-refractivity contribution in [2.24, 2.45) is 17.8 Å². The van der Waals surface area contributed by atoms with Crippen LogP contribution in [0.3, 0.4) is 0 Å². The summed E-state index contributed by atoms with van der Waals surface area (Å²) in [6.45, 7) is 4.05. The highest BCUT2D eigenvalue weighted by atomic mass is 35.5. The van der Waals surface area contributed by atoms with Gasteiger partial charge in [0.05, 0.1) is 6.61 Å². The molecule has 4 aliphatic rings. The van der Waals surface area contributed by atoms with Crippen LogP contribution in [0.1, 0.15) is 56.6 Å². The molecule has 4 heteroatoms. The van der Waals surface area contributed by atoms with E-state index in [0.717, 1.165) is 46.4 Å². The van der Waals surface area contributed by atoms with Crippen molar-refractivity contribution in [2.45, 2.75) is 64.1 Å². The summed E-state index contributed by atoms with van der Waals surface area (Å²) in [6.07, 6.45) is 8.57. The Labute approximate surface area is 185 Å². The van der Waals surface area contributed by atoms with Gasteiger partial charge in [0.2, 0.25) is 0 Å². The van der Waals surface area contributed by atoms with Gasteiger partial charge in [-0.15, -0.1) is 0 Å². The third kappa shape index (κ3) is 4.33. The van der Waals surface area contributed by atoms with Crippen molar-refractivity contribution in [3.8, 4) is 11.5 Å². The zero-order valence-corrected chi connectivity index (χ0v) is 18.6. The van der Waals surface area contributed by atoms with Crippen molar-refractivity contribution >= 4 is 11.6 Å². The SMILES string of the molecule is CCOc1cc(CNC23CC4CC(CC(C4)C2)C3)ccc1OCc1ccc(Cl)cc1. The van der Waals surface area contributed by atoms with Crippen LogP contribution < -0.4 is 14.8 Å². The smallest absolute Gasteiger partial charge is 0.161 e. The number of halogens is 1. The summed E-state index contributed by atoms with van der Waals surface area (Å²) in [6, 6.07) is 14.1. The standard InChI is InChI=1S/C26H32ClNO2/c1-2-29-25-12-19(5-8-24(25)30-17-18-3-6-23(27)7-4-18)16-28-26-13-20-9-21(14-26)11-22(10-20)15-26/h3-8,12,20-22,28H,2,9-11,13-17H2,1H3. The van der Waals surface area contributed by atoms with Gasteiger partial charge in [-0.2, -0.15) is 0 Å². The average Bonchev–Trinajstić information content (AvgIpc) is 2.72. The minimum atomic E-state index is 0.379. The molecule has 0 radical (unpaired) electrons. The van der Waals surface area contributed by atoms with Crippen LogP contribution in [0.2, 0.25) is 5.02 Å². The molecule has 4 saturated carbocycles. The molecule has 30 heavy (non-hydrogen) atoms. The molecular weight excluding hydrogens is 394 g/mol. The fraction of sp³-hybridized carbons (Fsp3) is 0.538. The summed E-state index contributed by atoms with van der Waals surface area (Å²) < 4.78 is 12.0. The maximum absolute atomic E-state index is 6.06. The monoisotopic (exact) mass is 425 g/mol. The molecule has 2 aromatic rings. The molecule has 2 aromatic carbocycles. The van der Waals surface area contributed by atoms with E-state index in [1.54, 1.807) is 0 Å². The summed E-state index contributed by atoms with van der Waals surface area (Å²) in [7, 11) is 0. The van der Waals surface area contributed by atoms with Gasteiger partial charge in [0.25, 0.3) is 0 Å². The molecule has 0 heterocycles. The van der Waals surface area contributed by atoms with Crippen LogP contribution in [0.5, 0.6) is 11.5 Å². The number of ether oxygens (including phenoxy) is 2. The maximum Gasteiger partial charge on any atom is 0.161 e. The van der Waals surface area contributed by atoms with Crippen molar-refractivity contribution < 1.29 is 9.47 Å². The third-order valence-electron chi connectivity index (χ3n) is 7.32. The summed E-state index contributed by atoms with van der Waals surface area (Å²) in [5, 5.41) is 4.73. The quantitative estimate of drug-likeness (QED) is 0.532. The minimum Gasteiger partial charge on any atom is -0.490 e. The topological polar surface area (TPSA) is 30.5 Å². The van der Waals surface area contributed by atoms with Gasteiger partial charge in [-0.05, 0) is 98.6 Å². The summed E-state index contributed by atoms with van der Waals surface area (Å²) in [5.74, 6) is 4.52. The van der Waals surface area contributed by atoms with Crippen LogP contribution >= 0.6 is 11.6 Å². The molecule has 0 amide bonds. The largest absolute Gasteiger partial charge is 0.490 e. The van der Waals surface area contributed by atoms with E-state index in [1.807, 2.05) is 31.2 Å². The minimum absolute atomic E-state index is 0.379. The molecule has 0 aromatic heterocycles. The van der Waals surface area contributed by atoms with Gasteiger partial charge in [0.15, 0.2) is 11.5 Å². The van der Waals surface area contributed by atoms with E-state index >= 15 is 0 Å². The molecule has 4 fully saturated rings.